The molecule has 3 heteroatoms. The van der Waals surface area contributed by atoms with Crippen LogP contribution in [0.15, 0.2) is 18.2 Å². The van der Waals surface area contributed by atoms with Crippen LogP contribution in [0.1, 0.15) is 37.1 Å². The van der Waals surface area contributed by atoms with Gasteiger partial charge in [-0.1, -0.05) is 18.9 Å². The van der Waals surface area contributed by atoms with Gasteiger partial charge >= 0.3 is 0 Å². The first-order chi connectivity index (χ1) is 8.29. The molecule has 90 valence electrons. The van der Waals surface area contributed by atoms with Crippen LogP contribution in [-0.2, 0) is 6.54 Å². The van der Waals surface area contributed by atoms with Gasteiger partial charge in [-0.25, -0.2) is 0 Å². The van der Waals surface area contributed by atoms with E-state index in [1.807, 2.05) is 25.1 Å². The van der Waals surface area contributed by atoms with Crippen molar-refractivity contribution in [3.8, 4) is 6.07 Å². The SMILES string of the molecule is Cc1cccc(CN(CC#N)C2CCCC2)n1. The van der Waals surface area contributed by atoms with Crippen LogP contribution < -0.4 is 0 Å². The van der Waals surface area contributed by atoms with Crippen LogP contribution in [-0.4, -0.2) is 22.5 Å². The molecule has 1 saturated carbocycles. The van der Waals surface area contributed by atoms with E-state index in [2.05, 4.69) is 16.0 Å². The topological polar surface area (TPSA) is 39.9 Å². The first-order valence-corrected chi connectivity index (χ1v) is 6.33. The predicted octanol–water partition coefficient (Wildman–Crippen LogP) is 2.66. The van der Waals surface area contributed by atoms with Gasteiger partial charge in [-0.3, -0.25) is 9.88 Å². The Morgan fingerprint density at radius 1 is 1.41 bits per heavy atom. The minimum atomic E-state index is 0.514. The van der Waals surface area contributed by atoms with Gasteiger partial charge in [0.15, 0.2) is 0 Å². The first-order valence-electron chi connectivity index (χ1n) is 6.33. The van der Waals surface area contributed by atoms with Gasteiger partial charge in [0.25, 0.3) is 0 Å². The molecule has 0 bridgehead atoms. The molecule has 0 unspecified atom stereocenters. The van der Waals surface area contributed by atoms with Crippen LogP contribution in [0, 0.1) is 18.3 Å². The third-order valence-corrected chi connectivity index (χ3v) is 3.43. The summed E-state index contributed by atoms with van der Waals surface area (Å²) in [6.45, 7) is 3.33. The zero-order valence-electron chi connectivity index (χ0n) is 10.4. The van der Waals surface area contributed by atoms with E-state index in [1.54, 1.807) is 0 Å². The highest BCUT2D eigenvalue weighted by molar-refractivity contribution is 5.10. The molecule has 1 aliphatic carbocycles. The summed E-state index contributed by atoms with van der Waals surface area (Å²) in [5.41, 5.74) is 2.12. The van der Waals surface area contributed by atoms with Crippen molar-refractivity contribution in [1.82, 2.24) is 9.88 Å². The molecule has 0 aliphatic heterocycles. The Hall–Kier alpha value is -1.40. The summed E-state index contributed by atoms with van der Waals surface area (Å²) in [4.78, 5) is 6.79. The molecule has 0 atom stereocenters. The van der Waals surface area contributed by atoms with Gasteiger partial charge in [-0.05, 0) is 31.9 Å². The molecule has 1 fully saturated rings. The average molecular weight is 229 g/mol. The van der Waals surface area contributed by atoms with E-state index in [0.717, 1.165) is 17.9 Å². The zero-order valence-corrected chi connectivity index (χ0v) is 10.4. The van der Waals surface area contributed by atoms with Crippen molar-refractivity contribution in [3.63, 3.8) is 0 Å². The fourth-order valence-electron chi connectivity index (χ4n) is 2.57. The Morgan fingerprint density at radius 3 is 2.82 bits per heavy atom. The van der Waals surface area contributed by atoms with E-state index in [0.29, 0.717) is 12.6 Å². The first kappa shape index (κ1) is 12.1. The third kappa shape index (κ3) is 3.28. The number of rotatable bonds is 4. The van der Waals surface area contributed by atoms with Gasteiger partial charge in [0.2, 0.25) is 0 Å². The molecule has 0 spiro atoms. The lowest BCUT2D eigenvalue weighted by atomic mass is 10.2. The maximum absolute atomic E-state index is 8.92. The van der Waals surface area contributed by atoms with E-state index in [9.17, 15) is 0 Å². The number of hydrogen-bond acceptors (Lipinski definition) is 3. The van der Waals surface area contributed by atoms with Gasteiger partial charge < -0.3 is 0 Å². The maximum Gasteiger partial charge on any atom is 0.0871 e. The highest BCUT2D eigenvalue weighted by atomic mass is 15.2. The summed E-state index contributed by atoms with van der Waals surface area (Å²) in [5, 5.41) is 8.92. The van der Waals surface area contributed by atoms with Crippen LogP contribution in [0.2, 0.25) is 0 Å². The molecule has 1 aromatic rings. The van der Waals surface area contributed by atoms with Crippen molar-refractivity contribution >= 4 is 0 Å². The lowest BCUT2D eigenvalue weighted by Gasteiger charge is -2.25. The molecule has 3 nitrogen and oxygen atoms in total. The molecule has 1 heterocycles. The van der Waals surface area contributed by atoms with Crippen molar-refractivity contribution in [3.05, 3.63) is 29.6 Å². The molecule has 17 heavy (non-hydrogen) atoms. The van der Waals surface area contributed by atoms with Crippen molar-refractivity contribution in [2.75, 3.05) is 6.54 Å². The third-order valence-electron chi connectivity index (χ3n) is 3.43. The van der Waals surface area contributed by atoms with Crippen molar-refractivity contribution < 1.29 is 0 Å². The summed E-state index contributed by atoms with van der Waals surface area (Å²) in [5.74, 6) is 0. The van der Waals surface area contributed by atoms with E-state index < -0.39 is 0 Å². The number of aromatic nitrogens is 1. The molecule has 1 aliphatic rings. The summed E-state index contributed by atoms with van der Waals surface area (Å²) >= 11 is 0. The van der Waals surface area contributed by atoms with Crippen LogP contribution >= 0.6 is 0 Å². The number of nitrogens with zero attached hydrogens (tertiary/aromatic N) is 3. The molecule has 0 radical (unpaired) electrons. The summed E-state index contributed by atoms with van der Waals surface area (Å²) in [7, 11) is 0. The Balaban J connectivity index is 2.04. The lowest BCUT2D eigenvalue weighted by Crippen LogP contribution is -2.33. The molecule has 0 N–H and O–H groups in total. The number of aryl methyl sites for hydroxylation is 1. The van der Waals surface area contributed by atoms with Crippen LogP contribution in [0.4, 0.5) is 0 Å². The standard InChI is InChI=1S/C14H19N3/c1-12-5-4-6-13(16-12)11-17(10-9-15)14-7-2-3-8-14/h4-6,14H,2-3,7-8,10-11H2,1H3. The van der Waals surface area contributed by atoms with E-state index in [-0.39, 0.29) is 0 Å². The average Bonchev–Trinajstić information content (AvgIpc) is 2.82. The Labute approximate surface area is 103 Å². The van der Waals surface area contributed by atoms with Crippen molar-refractivity contribution in [2.24, 2.45) is 0 Å². The highest BCUT2D eigenvalue weighted by Gasteiger charge is 2.22. The van der Waals surface area contributed by atoms with E-state index >= 15 is 0 Å². The van der Waals surface area contributed by atoms with Gasteiger partial charge in [-0.2, -0.15) is 5.26 Å². The fraction of sp³-hybridized carbons (Fsp3) is 0.571. The largest absolute Gasteiger partial charge is 0.282 e. The normalized spacial score (nSPS) is 16.3. The summed E-state index contributed by atoms with van der Waals surface area (Å²) < 4.78 is 0. The second kappa shape index (κ2) is 5.79. The Kier molecular flexibility index (Phi) is 4.11. The number of pyridine rings is 1. The lowest BCUT2D eigenvalue weighted by molar-refractivity contribution is 0.211. The molecular formula is C14H19N3. The maximum atomic E-state index is 8.92. The molecular weight excluding hydrogens is 210 g/mol. The quantitative estimate of drug-likeness (QED) is 0.745. The second-order valence-corrected chi connectivity index (χ2v) is 4.77. The minimum Gasteiger partial charge on any atom is -0.282 e. The van der Waals surface area contributed by atoms with Crippen LogP contribution in [0.3, 0.4) is 0 Å². The Bertz CT molecular complexity index is 402. The van der Waals surface area contributed by atoms with Crippen molar-refractivity contribution in [2.45, 2.75) is 45.2 Å². The van der Waals surface area contributed by atoms with Crippen LogP contribution in [0.5, 0.6) is 0 Å². The highest BCUT2D eigenvalue weighted by Crippen LogP contribution is 2.24. The molecule has 0 aromatic carbocycles. The predicted molar refractivity (Wildman–Crippen MR) is 67.3 cm³/mol. The van der Waals surface area contributed by atoms with Gasteiger partial charge in [0, 0.05) is 18.3 Å². The zero-order chi connectivity index (χ0) is 12.1. The smallest absolute Gasteiger partial charge is 0.0871 e. The molecule has 0 amide bonds. The summed E-state index contributed by atoms with van der Waals surface area (Å²) in [6.07, 6.45) is 5.06. The molecule has 0 saturated heterocycles. The van der Waals surface area contributed by atoms with Crippen LogP contribution in [0.25, 0.3) is 0 Å². The van der Waals surface area contributed by atoms with E-state index in [4.69, 9.17) is 5.26 Å². The molecule has 1 aromatic heterocycles. The monoisotopic (exact) mass is 229 g/mol. The minimum absolute atomic E-state index is 0.514. The Morgan fingerprint density at radius 2 is 2.18 bits per heavy atom. The number of nitriles is 1. The second-order valence-electron chi connectivity index (χ2n) is 4.77. The van der Waals surface area contributed by atoms with Gasteiger partial charge in [0.1, 0.15) is 0 Å². The fourth-order valence-corrected chi connectivity index (χ4v) is 2.57. The van der Waals surface area contributed by atoms with Gasteiger partial charge in [0.05, 0.1) is 18.3 Å². The number of hydrogen-bond donors (Lipinski definition) is 0. The summed E-state index contributed by atoms with van der Waals surface area (Å²) in [6, 6.07) is 8.95. The van der Waals surface area contributed by atoms with Gasteiger partial charge in [-0.15, -0.1) is 0 Å². The van der Waals surface area contributed by atoms with E-state index in [1.165, 1.54) is 25.7 Å². The molecule has 2 rings (SSSR count). The van der Waals surface area contributed by atoms with Crippen molar-refractivity contribution in [1.29, 1.82) is 5.26 Å².